The summed E-state index contributed by atoms with van der Waals surface area (Å²) in [5, 5.41) is 3.49. The van der Waals surface area contributed by atoms with Crippen molar-refractivity contribution in [2.75, 3.05) is 13.1 Å². The summed E-state index contributed by atoms with van der Waals surface area (Å²) in [5.41, 5.74) is 8.56. The fourth-order valence-electron chi connectivity index (χ4n) is 1.95. The Balaban J connectivity index is 2.54. The van der Waals surface area contributed by atoms with Gasteiger partial charge in [0.05, 0.1) is 0 Å². The Kier molecular flexibility index (Phi) is 5.06. The van der Waals surface area contributed by atoms with E-state index in [4.69, 9.17) is 5.73 Å². The first kappa shape index (κ1) is 12.5. The van der Waals surface area contributed by atoms with Gasteiger partial charge in [-0.25, -0.2) is 0 Å². The van der Waals surface area contributed by atoms with E-state index in [0.717, 1.165) is 19.4 Å². The third-order valence-corrected chi connectivity index (χ3v) is 2.82. The van der Waals surface area contributed by atoms with Gasteiger partial charge in [0.25, 0.3) is 0 Å². The third kappa shape index (κ3) is 4.18. The zero-order chi connectivity index (χ0) is 11.3. The Morgan fingerprint density at radius 3 is 2.80 bits per heavy atom. The second kappa shape index (κ2) is 6.09. The zero-order valence-corrected chi connectivity index (χ0v) is 10.2. The number of hydrogen-bond donors (Lipinski definition) is 2. The Morgan fingerprint density at radius 1 is 1.53 bits per heavy atom. The van der Waals surface area contributed by atoms with E-state index >= 15 is 0 Å². The summed E-state index contributed by atoms with van der Waals surface area (Å²) in [4.78, 5) is 0. The fraction of sp³-hybridized carbons (Fsp3) is 0.692. The van der Waals surface area contributed by atoms with Crippen LogP contribution in [0.15, 0.2) is 23.3 Å². The van der Waals surface area contributed by atoms with Crippen molar-refractivity contribution in [1.82, 2.24) is 5.32 Å². The van der Waals surface area contributed by atoms with Crippen LogP contribution >= 0.6 is 0 Å². The van der Waals surface area contributed by atoms with E-state index in [2.05, 4.69) is 38.2 Å². The predicted molar refractivity (Wildman–Crippen MR) is 66.8 cm³/mol. The van der Waals surface area contributed by atoms with Crippen molar-refractivity contribution in [1.29, 1.82) is 0 Å². The summed E-state index contributed by atoms with van der Waals surface area (Å²) >= 11 is 0. The molecule has 0 heterocycles. The highest BCUT2D eigenvalue weighted by Crippen LogP contribution is 2.23. The van der Waals surface area contributed by atoms with Gasteiger partial charge >= 0.3 is 0 Å². The van der Waals surface area contributed by atoms with Gasteiger partial charge in [-0.2, -0.15) is 0 Å². The molecule has 0 spiro atoms. The molecule has 2 nitrogen and oxygen atoms in total. The number of nitrogens with one attached hydrogen (secondary N) is 1. The number of nitrogens with two attached hydrogens (primary N) is 1. The van der Waals surface area contributed by atoms with Crippen LogP contribution in [-0.4, -0.2) is 19.1 Å². The maximum absolute atomic E-state index is 5.72. The van der Waals surface area contributed by atoms with E-state index in [1.807, 2.05) is 0 Å². The molecule has 0 amide bonds. The van der Waals surface area contributed by atoms with Gasteiger partial charge in [-0.1, -0.05) is 44.1 Å². The lowest BCUT2D eigenvalue weighted by Crippen LogP contribution is -2.29. The van der Waals surface area contributed by atoms with Crippen LogP contribution in [0.4, 0.5) is 0 Å². The number of rotatable bonds is 5. The van der Waals surface area contributed by atoms with Crippen LogP contribution in [0, 0.1) is 5.92 Å². The summed E-state index contributed by atoms with van der Waals surface area (Å²) in [7, 11) is 0. The average molecular weight is 208 g/mol. The van der Waals surface area contributed by atoms with Crippen LogP contribution in [0.25, 0.3) is 0 Å². The van der Waals surface area contributed by atoms with Gasteiger partial charge in [0, 0.05) is 19.1 Å². The quantitative estimate of drug-likeness (QED) is 0.727. The maximum atomic E-state index is 5.72. The predicted octanol–water partition coefficient (Wildman–Crippen LogP) is 2.23. The summed E-state index contributed by atoms with van der Waals surface area (Å²) in [5.74, 6) is 0.630. The summed E-state index contributed by atoms with van der Waals surface area (Å²) in [6, 6.07) is 0.565. The normalized spacial score (nSPS) is 21.5. The van der Waals surface area contributed by atoms with Gasteiger partial charge in [0.15, 0.2) is 0 Å². The average Bonchev–Trinajstić information content (AvgIpc) is 2.25. The first-order chi connectivity index (χ1) is 7.15. The molecule has 0 saturated heterocycles. The molecule has 0 aromatic rings. The van der Waals surface area contributed by atoms with Crippen LogP contribution in [0.5, 0.6) is 0 Å². The number of allylic oxidation sites excluding steroid dienone is 2. The molecule has 86 valence electrons. The Hall–Kier alpha value is -0.600. The van der Waals surface area contributed by atoms with Crippen molar-refractivity contribution in [3.8, 4) is 0 Å². The van der Waals surface area contributed by atoms with Crippen molar-refractivity contribution in [3.63, 3.8) is 0 Å². The third-order valence-electron chi connectivity index (χ3n) is 2.82. The second-order valence-corrected chi connectivity index (χ2v) is 4.63. The van der Waals surface area contributed by atoms with E-state index in [-0.39, 0.29) is 0 Å². The highest BCUT2D eigenvalue weighted by Gasteiger charge is 2.13. The zero-order valence-electron chi connectivity index (χ0n) is 10.2. The topological polar surface area (TPSA) is 38.0 Å². The van der Waals surface area contributed by atoms with E-state index in [1.165, 1.54) is 11.1 Å². The van der Waals surface area contributed by atoms with E-state index < -0.39 is 0 Å². The van der Waals surface area contributed by atoms with Crippen LogP contribution in [0.1, 0.15) is 33.6 Å². The molecular formula is C13H24N2. The molecule has 1 unspecified atom stereocenters. The van der Waals surface area contributed by atoms with Crippen LogP contribution in [0.3, 0.4) is 0 Å². The lowest BCUT2D eigenvalue weighted by atomic mass is 9.89. The van der Waals surface area contributed by atoms with Gasteiger partial charge in [0.2, 0.25) is 0 Å². The van der Waals surface area contributed by atoms with Gasteiger partial charge in [-0.3, -0.25) is 0 Å². The molecule has 1 aliphatic carbocycles. The molecule has 2 heteroatoms. The van der Waals surface area contributed by atoms with Gasteiger partial charge in [-0.05, 0) is 18.8 Å². The highest BCUT2D eigenvalue weighted by atomic mass is 14.9. The van der Waals surface area contributed by atoms with Gasteiger partial charge in [0.1, 0.15) is 0 Å². The van der Waals surface area contributed by atoms with Crippen molar-refractivity contribution in [2.45, 2.75) is 39.7 Å². The number of hydrogen-bond acceptors (Lipinski definition) is 2. The van der Waals surface area contributed by atoms with E-state index in [0.29, 0.717) is 18.5 Å². The second-order valence-electron chi connectivity index (χ2n) is 4.63. The van der Waals surface area contributed by atoms with Crippen molar-refractivity contribution in [2.24, 2.45) is 11.7 Å². The van der Waals surface area contributed by atoms with Crippen molar-refractivity contribution in [3.05, 3.63) is 23.3 Å². The highest BCUT2D eigenvalue weighted by molar-refractivity contribution is 5.30. The fourth-order valence-corrected chi connectivity index (χ4v) is 1.95. The minimum atomic E-state index is 0.565. The molecule has 0 fully saturated rings. The SMILES string of the molecule is CCC1=CC(CNC(C)C)CC(CN)=C1. The summed E-state index contributed by atoms with van der Waals surface area (Å²) in [6.07, 6.45) is 6.90. The molecule has 0 aromatic heterocycles. The van der Waals surface area contributed by atoms with E-state index in [1.54, 1.807) is 0 Å². The van der Waals surface area contributed by atoms with Gasteiger partial charge in [-0.15, -0.1) is 0 Å². The van der Waals surface area contributed by atoms with E-state index in [9.17, 15) is 0 Å². The first-order valence-corrected chi connectivity index (χ1v) is 5.99. The molecule has 3 N–H and O–H groups in total. The smallest absolute Gasteiger partial charge is 0.0140 e. The van der Waals surface area contributed by atoms with Crippen LogP contribution in [0.2, 0.25) is 0 Å². The summed E-state index contributed by atoms with van der Waals surface area (Å²) in [6.45, 7) is 8.35. The minimum absolute atomic E-state index is 0.565. The minimum Gasteiger partial charge on any atom is -0.327 e. The lowest BCUT2D eigenvalue weighted by Gasteiger charge is -2.22. The van der Waals surface area contributed by atoms with Crippen molar-refractivity contribution >= 4 is 0 Å². The summed E-state index contributed by atoms with van der Waals surface area (Å²) < 4.78 is 0. The largest absolute Gasteiger partial charge is 0.327 e. The Bertz CT molecular complexity index is 251. The first-order valence-electron chi connectivity index (χ1n) is 5.99. The molecule has 0 aromatic carbocycles. The Morgan fingerprint density at radius 2 is 2.27 bits per heavy atom. The molecule has 1 aliphatic rings. The monoisotopic (exact) mass is 208 g/mol. The molecule has 0 saturated carbocycles. The van der Waals surface area contributed by atoms with Gasteiger partial charge < -0.3 is 11.1 Å². The standard InChI is InChI=1S/C13H24N2/c1-4-11-5-12(8-14)7-13(6-11)9-15-10(2)3/h5-6,10,13,15H,4,7-9,14H2,1-3H3. The molecule has 1 rings (SSSR count). The maximum Gasteiger partial charge on any atom is 0.0140 e. The molecular weight excluding hydrogens is 184 g/mol. The van der Waals surface area contributed by atoms with Crippen LogP contribution in [-0.2, 0) is 0 Å². The molecule has 15 heavy (non-hydrogen) atoms. The van der Waals surface area contributed by atoms with Crippen molar-refractivity contribution < 1.29 is 0 Å². The van der Waals surface area contributed by atoms with Crippen LogP contribution < -0.4 is 11.1 Å². The molecule has 1 atom stereocenters. The molecule has 0 aliphatic heterocycles. The Labute approximate surface area is 93.6 Å². The molecule has 0 radical (unpaired) electrons. The molecule has 0 bridgehead atoms. The lowest BCUT2D eigenvalue weighted by molar-refractivity contribution is 0.500.